The van der Waals surface area contributed by atoms with Crippen LogP contribution < -0.4 is 5.32 Å². The summed E-state index contributed by atoms with van der Waals surface area (Å²) in [6, 6.07) is -0.133. The van der Waals surface area contributed by atoms with Crippen molar-refractivity contribution >= 4 is 12.0 Å². The van der Waals surface area contributed by atoms with Gasteiger partial charge in [-0.25, -0.2) is 4.79 Å². The Bertz CT molecular complexity index is 393. The van der Waals surface area contributed by atoms with Crippen LogP contribution in [-0.2, 0) is 14.3 Å². The second kappa shape index (κ2) is 6.19. The largest absolute Gasteiger partial charge is 0.444 e. The van der Waals surface area contributed by atoms with Crippen LogP contribution >= 0.6 is 0 Å². The number of hydrogen-bond donors (Lipinski definition) is 2. The second-order valence-corrected chi connectivity index (χ2v) is 6.64. The van der Waals surface area contributed by atoms with Gasteiger partial charge in [-0.3, -0.25) is 4.79 Å². The molecule has 2 fully saturated rings. The predicted octanol–water partition coefficient (Wildman–Crippen LogP) is 0.262. The van der Waals surface area contributed by atoms with Gasteiger partial charge in [0.2, 0.25) is 0 Å². The van der Waals surface area contributed by atoms with Crippen molar-refractivity contribution in [3.05, 3.63) is 0 Å². The summed E-state index contributed by atoms with van der Waals surface area (Å²) < 4.78 is 10.7. The van der Waals surface area contributed by atoms with Crippen LogP contribution in [0.25, 0.3) is 0 Å². The van der Waals surface area contributed by atoms with Crippen molar-refractivity contribution in [2.45, 2.75) is 57.5 Å². The first kappa shape index (κ1) is 16.0. The Hall–Kier alpha value is -1.34. The van der Waals surface area contributed by atoms with Gasteiger partial charge in [-0.1, -0.05) is 0 Å². The standard InChI is InChI=1S/C14H24N2O5/c1-14(2,3)21-13(19)15-9-4-5-11(20-8-9)12(18)16-6-10(17)7-16/h9-11,17H,4-8H2,1-3H3,(H,15,19)/t9?,11-/m0/s1. The van der Waals surface area contributed by atoms with Crippen molar-refractivity contribution in [2.24, 2.45) is 0 Å². The lowest BCUT2D eigenvalue weighted by Gasteiger charge is -2.39. The highest BCUT2D eigenvalue weighted by atomic mass is 16.6. The van der Waals surface area contributed by atoms with Gasteiger partial charge in [0.1, 0.15) is 11.7 Å². The first-order valence-electron chi connectivity index (χ1n) is 7.32. The topological polar surface area (TPSA) is 88.1 Å². The quantitative estimate of drug-likeness (QED) is 0.764. The number of hydrogen-bond acceptors (Lipinski definition) is 5. The van der Waals surface area contributed by atoms with E-state index in [1.807, 2.05) is 0 Å². The van der Waals surface area contributed by atoms with Crippen molar-refractivity contribution in [1.29, 1.82) is 0 Å². The minimum absolute atomic E-state index is 0.0731. The van der Waals surface area contributed by atoms with E-state index in [9.17, 15) is 14.7 Å². The Morgan fingerprint density at radius 1 is 1.29 bits per heavy atom. The summed E-state index contributed by atoms with van der Waals surface area (Å²) in [6.45, 7) is 6.49. The number of amides is 2. The van der Waals surface area contributed by atoms with E-state index in [4.69, 9.17) is 9.47 Å². The Kier molecular flexibility index (Phi) is 4.73. The fourth-order valence-electron chi connectivity index (χ4n) is 2.37. The van der Waals surface area contributed by atoms with Crippen LogP contribution in [0.1, 0.15) is 33.6 Å². The molecule has 2 aliphatic rings. The second-order valence-electron chi connectivity index (χ2n) is 6.64. The molecule has 2 rings (SSSR count). The molecule has 0 aromatic carbocycles. The lowest BCUT2D eigenvalue weighted by atomic mass is 10.0. The molecule has 2 atom stereocenters. The highest BCUT2D eigenvalue weighted by molar-refractivity contribution is 5.82. The molecule has 0 aliphatic carbocycles. The maximum absolute atomic E-state index is 12.0. The van der Waals surface area contributed by atoms with Crippen LogP contribution in [-0.4, -0.2) is 65.6 Å². The number of aliphatic hydroxyl groups is 1. The molecule has 2 heterocycles. The maximum Gasteiger partial charge on any atom is 0.407 e. The summed E-state index contributed by atoms with van der Waals surface area (Å²) in [5, 5.41) is 12.0. The zero-order valence-corrected chi connectivity index (χ0v) is 12.8. The number of nitrogens with zero attached hydrogens (tertiary/aromatic N) is 1. The van der Waals surface area contributed by atoms with Crippen molar-refractivity contribution in [1.82, 2.24) is 10.2 Å². The Morgan fingerprint density at radius 2 is 1.95 bits per heavy atom. The molecule has 0 spiro atoms. The first-order chi connectivity index (χ1) is 9.74. The molecule has 0 aromatic rings. The van der Waals surface area contributed by atoms with Gasteiger partial charge >= 0.3 is 6.09 Å². The third-order valence-corrected chi connectivity index (χ3v) is 3.45. The first-order valence-corrected chi connectivity index (χ1v) is 7.32. The summed E-state index contributed by atoms with van der Waals surface area (Å²) in [6.07, 6.45) is -0.0992. The monoisotopic (exact) mass is 300 g/mol. The SMILES string of the molecule is CC(C)(C)OC(=O)NC1CC[C@@H](C(=O)N2CC(O)C2)OC1. The van der Waals surface area contributed by atoms with E-state index in [0.29, 0.717) is 32.5 Å². The van der Waals surface area contributed by atoms with Gasteiger partial charge in [0.25, 0.3) is 5.91 Å². The van der Waals surface area contributed by atoms with Crippen LogP contribution in [0.2, 0.25) is 0 Å². The molecule has 0 saturated carbocycles. The number of aliphatic hydroxyl groups excluding tert-OH is 1. The summed E-state index contributed by atoms with van der Waals surface area (Å²) in [5.74, 6) is -0.0731. The number of rotatable bonds is 2. The zero-order chi connectivity index (χ0) is 15.6. The van der Waals surface area contributed by atoms with Crippen LogP contribution in [0.3, 0.4) is 0 Å². The molecule has 2 aliphatic heterocycles. The Balaban J connectivity index is 1.71. The summed E-state index contributed by atoms with van der Waals surface area (Å²) in [4.78, 5) is 25.3. The number of alkyl carbamates (subject to hydrolysis) is 1. The van der Waals surface area contributed by atoms with E-state index in [-0.39, 0.29) is 11.9 Å². The smallest absolute Gasteiger partial charge is 0.407 e. The molecule has 2 N–H and O–H groups in total. The summed E-state index contributed by atoms with van der Waals surface area (Å²) in [7, 11) is 0. The fraction of sp³-hybridized carbons (Fsp3) is 0.857. The molecule has 1 unspecified atom stereocenters. The lowest BCUT2D eigenvalue weighted by Crippen LogP contribution is -2.58. The van der Waals surface area contributed by atoms with Crippen LogP contribution in [0.5, 0.6) is 0 Å². The molecule has 0 bridgehead atoms. The summed E-state index contributed by atoms with van der Waals surface area (Å²) in [5.41, 5.74) is -0.531. The predicted molar refractivity (Wildman–Crippen MR) is 74.7 cm³/mol. The highest BCUT2D eigenvalue weighted by Gasteiger charge is 2.36. The molecule has 7 nitrogen and oxygen atoms in total. The van der Waals surface area contributed by atoms with Gasteiger partial charge in [-0.05, 0) is 33.6 Å². The molecule has 7 heteroatoms. The zero-order valence-electron chi connectivity index (χ0n) is 12.8. The minimum Gasteiger partial charge on any atom is -0.444 e. The third kappa shape index (κ3) is 4.57. The average Bonchev–Trinajstić information content (AvgIpc) is 2.33. The van der Waals surface area contributed by atoms with Gasteiger partial charge in [-0.15, -0.1) is 0 Å². The van der Waals surface area contributed by atoms with E-state index >= 15 is 0 Å². The third-order valence-electron chi connectivity index (χ3n) is 3.45. The molecular formula is C14H24N2O5. The van der Waals surface area contributed by atoms with Gasteiger partial charge < -0.3 is 24.8 Å². The Labute approximate surface area is 124 Å². The van der Waals surface area contributed by atoms with Crippen molar-refractivity contribution in [3.8, 4) is 0 Å². The highest BCUT2D eigenvalue weighted by Crippen LogP contribution is 2.19. The number of likely N-dealkylation sites (tertiary alicyclic amines) is 1. The molecule has 2 saturated heterocycles. The van der Waals surface area contributed by atoms with E-state index in [1.165, 1.54) is 0 Å². The van der Waals surface area contributed by atoms with Gasteiger partial charge in [-0.2, -0.15) is 0 Å². The van der Waals surface area contributed by atoms with Gasteiger partial charge in [0.05, 0.1) is 18.8 Å². The van der Waals surface area contributed by atoms with E-state index < -0.39 is 23.9 Å². The van der Waals surface area contributed by atoms with E-state index in [2.05, 4.69) is 5.32 Å². The molecular weight excluding hydrogens is 276 g/mol. The number of nitrogens with one attached hydrogen (secondary N) is 1. The fourth-order valence-corrected chi connectivity index (χ4v) is 2.37. The van der Waals surface area contributed by atoms with Gasteiger partial charge in [0.15, 0.2) is 0 Å². The maximum atomic E-state index is 12.0. The molecule has 21 heavy (non-hydrogen) atoms. The van der Waals surface area contributed by atoms with Crippen LogP contribution in [0.4, 0.5) is 4.79 Å². The van der Waals surface area contributed by atoms with Crippen molar-refractivity contribution in [2.75, 3.05) is 19.7 Å². The van der Waals surface area contributed by atoms with Crippen LogP contribution in [0, 0.1) is 0 Å². The molecule has 2 amide bonds. The van der Waals surface area contributed by atoms with Crippen molar-refractivity contribution < 1.29 is 24.2 Å². The van der Waals surface area contributed by atoms with E-state index in [0.717, 1.165) is 0 Å². The lowest BCUT2D eigenvalue weighted by molar-refractivity contribution is -0.157. The number of carbonyl (C=O) groups excluding carboxylic acids is 2. The normalized spacial score (nSPS) is 27.0. The van der Waals surface area contributed by atoms with E-state index in [1.54, 1.807) is 25.7 Å². The minimum atomic E-state index is -0.531. The number of β-amino-alcohol motifs (C(OH)–C–C–N with tert-alkyl or cyclic N) is 1. The van der Waals surface area contributed by atoms with Crippen LogP contribution in [0.15, 0.2) is 0 Å². The van der Waals surface area contributed by atoms with Gasteiger partial charge in [0, 0.05) is 13.1 Å². The molecule has 0 radical (unpaired) electrons. The van der Waals surface area contributed by atoms with Crippen molar-refractivity contribution in [3.63, 3.8) is 0 Å². The summed E-state index contributed by atoms with van der Waals surface area (Å²) >= 11 is 0. The number of ether oxygens (including phenoxy) is 2. The Morgan fingerprint density at radius 3 is 2.43 bits per heavy atom. The molecule has 0 aromatic heterocycles. The molecule has 120 valence electrons. The average molecular weight is 300 g/mol. The number of carbonyl (C=O) groups is 2.